The van der Waals surface area contributed by atoms with Gasteiger partial charge >= 0.3 is 11.9 Å². The van der Waals surface area contributed by atoms with Gasteiger partial charge in [0.2, 0.25) is 0 Å². The van der Waals surface area contributed by atoms with Gasteiger partial charge in [-0.05, 0) is 96.3 Å². The van der Waals surface area contributed by atoms with Crippen LogP contribution >= 0.6 is 0 Å². The second-order valence-corrected chi connectivity index (χ2v) is 22.7. The molecule has 0 N–H and O–H groups in total. The molecule has 0 saturated heterocycles. The highest BCUT2D eigenvalue weighted by molar-refractivity contribution is 5.70. The predicted octanol–water partition coefficient (Wildman–Crippen LogP) is 18.4. The zero-order valence-electron chi connectivity index (χ0n) is 51.7. The highest BCUT2D eigenvalue weighted by Crippen LogP contribution is 2.16. The van der Waals surface area contributed by atoms with E-state index in [1.165, 1.54) is 154 Å². The summed E-state index contributed by atoms with van der Waals surface area (Å²) in [5.74, 6) is -2.29. The number of esters is 2. The summed E-state index contributed by atoms with van der Waals surface area (Å²) in [6, 6.07) is 0. The predicted molar refractivity (Wildman–Crippen MR) is 334 cm³/mol. The van der Waals surface area contributed by atoms with Crippen molar-refractivity contribution in [3.63, 3.8) is 0 Å². The first-order valence-corrected chi connectivity index (χ1v) is 32.4. The van der Waals surface area contributed by atoms with Crippen LogP contribution in [0.4, 0.5) is 0 Å². The molecule has 9 heteroatoms. The lowest BCUT2D eigenvalue weighted by atomic mass is 10.0. The number of allylic oxidation sites excluding steroid dienone is 16. The van der Waals surface area contributed by atoms with Gasteiger partial charge in [-0.3, -0.25) is 9.59 Å². The second kappa shape index (κ2) is 60.3. The summed E-state index contributed by atoms with van der Waals surface area (Å²) in [6.07, 6.45) is 78.9. The summed E-state index contributed by atoms with van der Waals surface area (Å²) in [6.45, 7) is 4.63. The maximum Gasteiger partial charge on any atom is 0.306 e. The number of quaternary nitrogens is 1. The van der Waals surface area contributed by atoms with Gasteiger partial charge in [0.25, 0.3) is 0 Å². The maximum absolute atomic E-state index is 12.9. The van der Waals surface area contributed by atoms with Crippen molar-refractivity contribution in [1.82, 2.24) is 0 Å². The van der Waals surface area contributed by atoms with Crippen LogP contribution in [0.5, 0.6) is 0 Å². The van der Waals surface area contributed by atoms with E-state index in [0.717, 1.165) is 83.5 Å². The van der Waals surface area contributed by atoms with Crippen molar-refractivity contribution in [2.75, 3.05) is 47.5 Å². The van der Waals surface area contributed by atoms with Crippen LogP contribution < -0.4 is 5.11 Å². The third-order valence-corrected chi connectivity index (χ3v) is 13.8. The van der Waals surface area contributed by atoms with Crippen LogP contribution in [0.2, 0.25) is 0 Å². The van der Waals surface area contributed by atoms with Crippen LogP contribution in [0, 0.1) is 0 Å². The molecule has 0 bridgehead atoms. The third kappa shape index (κ3) is 61.7. The number of nitrogens with zero attached hydrogens (tertiary/aromatic N) is 1. The highest BCUT2D eigenvalue weighted by atomic mass is 16.7. The molecule has 0 aromatic heterocycles. The molecular formula is C70H121NO8. The molecule has 0 radical (unpaired) electrons. The lowest BCUT2D eigenvalue weighted by Crippen LogP contribution is -2.44. The molecule has 454 valence electrons. The molecule has 0 spiro atoms. The number of carbonyl (C=O) groups is 3. The summed E-state index contributed by atoms with van der Waals surface area (Å²) in [5.41, 5.74) is 0. The lowest BCUT2D eigenvalue weighted by molar-refractivity contribution is -0.870. The molecule has 0 heterocycles. The average molecular weight is 1100 g/mol. The van der Waals surface area contributed by atoms with E-state index < -0.39 is 24.3 Å². The number of likely N-dealkylation sites (N-methyl/N-ethyl adjacent to an activating group) is 1. The van der Waals surface area contributed by atoms with Gasteiger partial charge in [-0.1, -0.05) is 259 Å². The maximum atomic E-state index is 12.9. The molecular weight excluding hydrogens is 983 g/mol. The van der Waals surface area contributed by atoms with E-state index in [9.17, 15) is 19.5 Å². The number of rotatable bonds is 59. The summed E-state index contributed by atoms with van der Waals surface area (Å²) < 4.78 is 22.8. The molecule has 0 aromatic rings. The highest BCUT2D eigenvalue weighted by Gasteiger charge is 2.22. The Balaban J connectivity index is 4.16. The van der Waals surface area contributed by atoms with Gasteiger partial charge in [0.05, 0.1) is 40.3 Å². The topological polar surface area (TPSA) is 111 Å². The van der Waals surface area contributed by atoms with Crippen LogP contribution in [-0.4, -0.2) is 82.3 Å². The largest absolute Gasteiger partial charge is 0.545 e. The minimum atomic E-state index is -1.63. The lowest BCUT2D eigenvalue weighted by Gasteiger charge is -2.26. The monoisotopic (exact) mass is 1100 g/mol. The van der Waals surface area contributed by atoms with Gasteiger partial charge in [0, 0.05) is 12.8 Å². The average Bonchev–Trinajstić information content (AvgIpc) is 3.42. The van der Waals surface area contributed by atoms with Crippen molar-refractivity contribution >= 4 is 17.9 Å². The molecule has 2 atom stereocenters. The van der Waals surface area contributed by atoms with E-state index in [-0.39, 0.29) is 38.6 Å². The molecule has 0 aromatic carbocycles. The standard InChI is InChI=1S/C70H121NO8/c1-6-8-10-12-14-16-18-20-22-24-26-28-29-30-31-32-33-34-35-36-37-38-39-41-43-45-47-49-51-53-55-57-59-61-68(73)79-66(65-78-70(69(74)75)76-63-62-71(3,4)5)64-77-67(72)60-58-56-54-52-50-48-46-44-42-40-27-25-23-21-19-17-15-13-11-9-7-2/h8,10,14,16,19-22,25-28,30-31,33-34,66,70H,6-7,9,11-13,15,17-18,23-24,29,32,35-65H2,1-5H3/b10-8-,16-14-,21-19-,22-20-,27-25-,28-26-,31-30-,34-33-. The van der Waals surface area contributed by atoms with Gasteiger partial charge in [-0.2, -0.15) is 0 Å². The summed E-state index contributed by atoms with van der Waals surface area (Å²) in [5, 5.41) is 11.8. The van der Waals surface area contributed by atoms with Gasteiger partial charge in [-0.15, -0.1) is 0 Å². The number of carboxylic acid groups (broad SMARTS) is 1. The fraction of sp³-hybridized carbons (Fsp3) is 0.729. The number of hydrogen-bond acceptors (Lipinski definition) is 8. The Morgan fingerprint density at radius 3 is 1.08 bits per heavy atom. The Labute approximate surface area is 486 Å². The first-order chi connectivity index (χ1) is 38.6. The second-order valence-electron chi connectivity index (χ2n) is 22.7. The number of carboxylic acids is 1. The van der Waals surface area contributed by atoms with E-state index in [0.29, 0.717) is 17.4 Å². The fourth-order valence-corrected chi connectivity index (χ4v) is 8.87. The van der Waals surface area contributed by atoms with Crippen LogP contribution in [0.15, 0.2) is 97.2 Å². The molecule has 0 amide bonds. The SMILES string of the molecule is CC/C=C\C/C=C\C/C=C\C/C=C\C/C=C\C/C=C\CCCCCCCCCCCCCCCCC(=O)OC(COC(=O)CCCCCCCCCCC/C=C\C/C=C\CCCCCCC)COC(OCC[N+](C)(C)C)C(=O)[O-]. The van der Waals surface area contributed by atoms with Crippen molar-refractivity contribution < 1.29 is 42.9 Å². The van der Waals surface area contributed by atoms with E-state index >= 15 is 0 Å². The first kappa shape index (κ1) is 75.2. The van der Waals surface area contributed by atoms with Gasteiger partial charge < -0.3 is 33.3 Å². The smallest absolute Gasteiger partial charge is 0.306 e. The van der Waals surface area contributed by atoms with Crippen molar-refractivity contribution in [3.8, 4) is 0 Å². The quantitative estimate of drug-likeness (QED) is 0.0195. The molecule has 0 rings (SSSR count). The first-order valence-electron chi connectivity index (χ1n) is 32.4. The van der Waals surface area contributed by atoms with Gasteiger partial charge in [-0.25, -0.2) is 0 Å². The summed E-state index contributed by atoms with van der Waals surface area (Å²) >= 11 is 0. The zero-order valence-corrected chi connectivity index (χ0v) is 51.7. The Morgan fingerprint density at radius 2 is 0.722 bits per heavy atom. The normalized spacial score (nSPS) is 13.4. The third-order valence-electron chi connectivity index (χ3n) is 13.8. The number of ether oxygens (including phenoxy) is 4. The molecule has 0 aliphatic carbocycles. The van der Waals surface area contributed by atoms with E-state index in [4.69, 9.17) is 18.9 Å². The molecule has 0 fully saturated rings. The Kier molecular flexibility index (Phi) is 57.4. The zero-order chi connectivity index (χ0) is 57.6. The minimum absolute atomic E-state index is 0.144. The Bertz CT molecular complexity index is 1620. The molecule has 2 unspecified atom stereocenters. The number of aliphatic carboxylic acids is 1. The van der Waals surface area contributed by atoms with Crippen LogP contribution in [0.25, 0.3) is 0 Å². The van der Waals surface area contributed by atoms with Gasteiger partial charge in [0.1, 0.15) is 13.2 Å². The van der Waals surface area contributed by atoms with Crippen molar-refractivity contribution in [1.29, 1.82) is 0 Å². The molecule has 0 saturated carbocycles. The van der Waals surface area contributed by atoms with Crippen molar-refractivity contribution in [2.24, 2.45) is 0 Å². The fourth-order valence-electron chi connectivity index (χ4n) is 8.87. The van der Waals surface area contributed by atoms with Gasteiger partial charge in [0.15, 0.2) is 12.4 Å². The minimum Gasteiger partial charge on any atom is -0.545 e. The molecule has 79 heavy (non-hydrogen) atoms. The molecule has 0 aliphatic rings. The van der Waals surface area contributed by atoms with E-state index in [2.05, 4.69) is 111 Å². The Morgan fingerprint density at radius 1 is 0.392 bits per heavy atom. The van der Waals surface area contributed by atoms with Crippen LogP contribution in [0.3, 0.4) is 0 Å². The summed E-state index contributed by atoms with van der Waals surface area (Å²) in [7, 11) is 5.92. The Hall–Kier alpha value is -3.79. The molecule has 0 aliphatic heterocycles. The molecule has 9 nitrogen and oxygen atoms in total. The van der Waals surface area contributed by atoms with E-state index in [1.54, 1.807) is 0 Å². The number of carbonyl (C=O) groups excluding carboxylic acids is 3. The summed E-state index contributed by atoms with van der Waals surface area (Å²) in [4.78, 5) is 37.4. The number of unbranched alkanes of at least 4 members (excludes halogenated alkanes) is 28. The van der Waals surface area contributed by atoms with Crippen molar-refractivity contribution in [3.05, 3.63) is 97.2 Å². The van der Waals surface area contributed by atoms with Crippen molar-refractivity contribution in [2.45, 2.75) is 283 Å². The van der Waals surface area contributed by atoms with Crippen LogP contribution in [0.1, 0.15) is 271 Å². The number of hydrogen-bond donors (Lipinski definition) is 0. The van der Waals surface area contributed by atoms with E-state index in [1.807, 2.05) is 21.1 Å². The van der Waals surface area contributed by atoms with Crippen LogP contribution in [-0.2, 0) is 33.3 Å².